The summed E-state index contributed by atoms with van der Waals surface area (Å²) >= 11 is 2.24. The van der Waals surface area contributed by atoms with Gasteiger partial charge in [0.2, 0.25) is 5.95 Å². The van der Waals surface area contributed by atoms with Crippen LogP contribution in [0.25, 0.3) is 0 Å². The molecule has 0 atom stereocenters. The van der Waals surface area contributed by atoms with Crippen molar-refractivity contribution >= 4 is 28.5 Å². The van der Waals surface area contributed by atoms with Crippen molar-refractivity contribution in [2.45, 2.75) is 32.7 Å². The Bertz CT molecular complexity index is 360. The Morgan fingerprint density at radius 2 is 1.94 bits per heavy atom. The van der Waals surface area contributed by atoms with Gasteiger partial charge in [0, 0.05) is 28.6 Å². The molecule has 0 saturated carbocycles. The minimum atomic E-state index is 0.444. The fourth-order valence-electron chi connectivity index (χ4n) is 2.32. The Balaban J connectivity index is 2.05. The van der Waals surface area contributed by atoms with Crippen LogP contribution in [0, 0.1) is 9.49 Å². The van der Waals surface area contributed by atoms with E-state index in [1.807, 2.05) is 12.4 Å². The zero-order valence-corrected chi connectivity index (χ0v) is 13.2. The molecule has 0 aromatic carbocycles. The van der Waals surface area contributed by atoms with Crippen LogP contribution in [0.4, 0.5) is 5.95 Å². The lowest BCUT2D eigenvalue weighted by Gasteiger charge is -2.32. The van der Waals surface area contributed by atoms with Crippen LogP contribution in [0.1, 0.15) is 26.7 Å². The maximum absolute atomic E-state index is 4.46. The summed E-state index contributed by atoms with van der Waals surface area (Å²) in [6.07, 6.45) is 6.29. The van der Waals surface area contributed by atoms with Crippen LogP contribution in [0.15, 0.2) is 12.4 Å². The first-order chi connectivity index (χ1) is 8.66. The molecule has 18 heavy (non-hydrogen) atoms. The van der Waals surface area contributed by atoms with Gasteiger partial charge in [-0.25, -0.2) is 9.97 Å². The van der Waals surface area contributed by atoms with E-state index < -0.39 is 0 Å². The highest BCUT2D eigenvalue weighted by atomic mass is 127. The number of anilines is 1. The molecule has 1 aliphatic rings. The average Bonchev–Trinajstić information content (AvgIpc) is 2.38. The Kier molecular flexibility index (Phi) is 5.17. The fourth-order valence-corrected chi connectivity index (χ4v) is 2.60. The second kappa shape index (κ2) is 6.65. The van der Waals surface area contributed by atoms with Crippen LogP contribution in [0.5, 0.6) is 0 Å². The van der Waals surface area contributed by atoms with Crippen molar-refractivity contribution < 1.29 is 0 Å². The van der Waals surface area contributed by atoms with Crippen molar-refractivity contribution in [2.24, 2.45) is 5.92 Å². The van der Waals surface area contributed by atoms with Gasteiger partial charge >= 0.3 is 0 Å². The van der Waals surface area contributed by atoms with Gasteiger partial charge in [0.05, 0.1) is 0 Å². The lowest BCUT2D eigenvalue weighted by atomic mass is 9.97. The Morgan fingerprint density at radius 3 is 2.50 bits per heavy atom. The van der Waals surface area contributed by atoms with Gasteiger partial charge in [-0.2, -0.15) is 0 Å². The van der Waals surface area contributed by atoms with E-state index in [2.05, 4.69) is 56.6 Å². The lowest BCUT2D eigenvalue weighted by Crippen LogP contribution is -2.40. The molecule has 4 nitrogen and oxygen atoms in total. The minimum Gasteiger partial charge on any atom is -0.338 e. The van der Waals surface area contributed by atoms with Crippen molar-refractivity contribution in [2.75, 3.05) is 24.5 Å². The zero-order valence-electron chi connectivity index (χ0n) is 11.1. The van der Waals surface area contributed by atoms with Crippen molar-refractivity contribution in [1.29, 1.82) is 0 Å². The van der Waals surface area contributed by atoms with Gasteiger partial charge in [-0.3, -0.25) is 0 Å². The maximum atomic E-state index is 4.46. The third-order valence-corrected chi connectivity index (χ3v) is 3.96. The molecule has 1 aliphatic heterocycles. The monoisotopic (exact) mass is 360 g/mol. The van der Waals surface area contributed by atoms with Gasteiger partial charge < -0.3 is 10.2 Å². The molecule has 1 saturated heterocycles. The molecule has 1 aromatic heterocycles. The molecule has 1 fully saturated rings. The number of hydrogen-bond donors (Lipinski definition) is 1. The van der Waals surface area contributed by atoms with E-state index in [0.717, 1.165) is 35.1 Å². The topological polar surface area (TPSA) is 41.0 Å². The van der Waals surface area contributed by atoms with Crippen LogP contribution < -0.4 is 10.2 Å². The first-order valence-corrected chi connectivity index (χ1v) is 7.69. The van der Waals surface area contributed by atoms with Gasteiger partial charge in [0.25, 0.3) is 0 Å². The summed E-state index contributed by atoms with van der Waals surface area (Å²) in [5.41, 5.74) is 0. The predicted octanol–water partition coefficient (Wildman–Crippen LogP) is 2.30. The summed E-state index contributed by atoms with van der Waals surface area (Å²) in [5, 5.41) is 3.41. The van der Waals surface area contributed by atoms with Gasteiger partial charge in [0.15, 0.2) is 0 Å². The van der Waals surface area contributed by atoms with Gasteiger partial charge in [-0.1, -0.05) is 0 Å². The van der Waals surface area contributed by atoms with E-state index in [1.165, 1.54) is 12.8 Å². The number of nitrogens with zero attached hydrogens (tertiary/aromatic N) is 3. The molecule has 0 spiro atoms. The van der Waals surface area contributed by atoms with Crippen molar-refractivity contribution in [3.05, 3.63) is 16.0 Å². The molecule has 0 bridgehead atoms. The Labute approximate surface area is 123 Å². The quantitative estimate of drug-likeness (QED) is 0.837. The number of piperidine rings is 1. The van der Waals surface area contributed by atoms with E-state index in [4.69, 9.17) is 0 Å². The number of aromatic nitrogens is 2. The van der Waals surface area contributed by atoms with Crippen LogP contribution in [0.2, 0.25) is 0 Å². The third kappa shape index (κ3) is 3.78. The average molecular weight is 360 g/mol. The minimum absolute atomic E-state index is 0.444. The molecule has 0 unspecified atom stereocenters. The van der Waals surface area contributed by atoms with Gasteiger partial charge in [-0.15, -0.1) is 0 Å². The Hall–Kier alpha value is -0.430. The normalized spacial score (nSPS) is 17.1. The SMILES string of the molecule is CC(C)N(CC1CCNCC1)c1ncc(I)cn1. The van der Waals surface area contributed by atoms with Crippen molar-refractivity contribution in [1.82, 2.24) is 15.3 Å². The van der Waals surface area contributed by atoms with E-state index in [9.17, 15) is 0 Å². The summed E-state index contributed by atoms with van der Waals surface area (Å²) in [6.45, 7) is 7.78. The molecule has 5 heteroatoms. The van der Waals surface area contributed by atoms with E-state index >= 15 is 0 Å². The number of rotatable bonds is 4. The summed E-state index contributed by atoms with van der Waals surface area (Å²) < 4.78 is 1.09. The Morgan fingerprint density at radius 1 is 1.33 bits per heavy atom. The van der Waals surface area contributed by atoms with E-state index in [-0.39, 0.29) is 0 Å². The molecule has 0 amide bonds. The molecule has 1 aromatic rings. The highest BCUT2D eigenvalue weighted by molar-refractivity contribution is 14.1. The number of nitrogens with one attached hydrogen (secondary N) is 1. The summed E-state index contributed by atoms with van der Waals surface area (Å²) in [7, 11) is 0. The lowest BCUT2D eigenvalue weighted by molar-refractivity contribution is 0.366. The second-order valence-electron chi connectivity index (χ2n) is 5.14. The zero-order chi connectivity index (χ0) is 13.0. The summed E-state index contributed by atoms with van der Waals surface area (Å²) in [5.74, 6) is 1.63. The van der Waals surface area contributed by atoms with E-state index in [1.54, 1.807) is 0 Å². The van der Waals surface area contributed by atoms with Gasteiger partial charge in [-0.05, 0) is 68.3 Å². The van der Waals surface area contributed by atoms with Crippen LogP contribution in [-0.2, 0) is 0 Å². The van der Waals surface area contributed by atoms with Crippen molar-refractivity contribution in [3.63, 3.8) is 0 Å². The number of hydrogen-bond acceptors (Lipinski definition) is 4. The first kappa shape index (κ1) is 14.0. The molecular weight excluding hydrogens is 339 g/mol. The van der Waals surface area contributed by atoms with E-state index in [0.29, 0.717) is 6.04 Å². The largest absolute Gasteiger partial charge is 0.338 e. The molecule has 0 aliphatic carbocycles. The van der Waals surface area contributed by atoms with Crippen LogP contribution in [0.3, 0.4) is 0 Å². The van der Waals surface area contributed by atoms with Crippen molar-refractivity contribution in [3.8, 4) is 0 Å². The third-order valence-electron chi connectivity index (χ3n) is 3.40. The highest BCUT2D eigenvalue weighted by Crippen LogP contribution is 2.19. The van der Waals surface area contributed by atoms with Gasteiger partial charge in [0.1, 0.15) is 0 Å². The summed E-state index contributed by atoms with van der Waals surface area (Å²) in [4.78, 5) is 11.2. The van der Waals surface area contributed by atoms with Crippen LogP contribution >= 0.6 is 22.6 Å². The fraction of sp³-hybridized carbons (Fsp3) is 0.692. The molecule has 1 N–H and O–H groups in total. The molecular formula is C13H21IN4. The molecule has 0 radical (unpaired) electrons. The molecule has 2 heterocycles. The second-order valence-corrected chi connectivity index (χ2v) is 6.39. The highest BCUT2D eigenvalue weighted by Gasteiger charge is 2.20. The predicted molar refractivity (Wildman–Crippen MR) is 82.8 cm³/mol. The standard InChI is InChI=1S/C13H21IN4/c1-10(2)18(9-11-3-5-15-6-4-11)13-16-7-12(14)8-17-13/h7-8,10-11,15H,3-6,9H2,1-2H3. The van der Waals surface area contributed by atoms with Crippen LogP contribution in [-0.4, -0.2) is 35.6 Å². The first-order valence-electron chi connectivity index (χ1n) is 6.61. The molecule has 100 valence electrons. The molecule has 2 rings (SSSR count). The smallest absolute Gasteiger partial charge is 0.225 e. The number of halogens is 1. The summed E-state index contributed by atoms with van der Waals surface area (Å²) in [6, 6.07) is 0.444. The maximum Gasteiger partial charge on any atom is 0.225 e.